The molecule has 6 heterocycles. The SMILES string of the molecule is [C-]#[N+]/C(C#N)=C1/C(=C/c2cc3c(s2)-c2sc4c5nsnc5c5c6c7c(sc6c6nsnc6c5c4c2C3(c2ccc(CCCCCC)cc2)c2ccc(CCCCCC)cc2)-c2sc(/C=C3\C(=O)c4ccccc4C3=C(C#N)C#N)cc2C7(c2ccc(CCCCCC)cc2)c2ccc(CCCCCC)cc2)C(=O)c2ccccc21. The maximum atomic E-state index is 14.9. The number of unbranched alkanes of at least 4 members (excludes halogenated alkanes) is 12. The summed E-state index contributed by atoms with van der Waals surface area (Å²) >= 11 is 9.27. The predicted molar refractivity (Wildman–Crippen MR) is 473 cm³/mol. The standard InChI is InChI=1S/C98H80N8O2S6/c1-6-10-14-18-26-57-34-42-62(43-35-57)97(63-44-36-58(37-45-63)27-19-15-11-7-2)74-52-66(50-72-77(61(54-99)55-100)68-30-22-24-32-70(68)89(72)107)109-91(74)95-83(97)81-79-80(86-87(93(81)111-95)105-113-104-86)82-84-96(112-94(82)88-85(79)103-114-106-88)92-75(53-67(110-92)51-73-78(76(56-101)102-5)69-31-23-25-33-71(69)90(73)108)98(84,64-46-38-59(39-47-64)28-20-16-12-8-3)65-48-40-60(41-49-65)29-21-17-13-9-4/h22-25,30-53H,6-21,26-29H2,1-4H3/b72-50-,73-51-,78-76+. The highest BCUT2D eigenvalue weighted by Crippen LogP contribution is 2.69. The maximum Gasteiger partial charge on any atom is 0.270 e. The molecule has 0 unspecified atom stereocenters. The van der Waals surface area contributed by atoms with Gasteiger partial charge in [0, 0.05) is 64.7 Å². The van der Waals surface area contributed by atoms with Crippen molar-refractivity contribution in [3.8, 4) is 37.7 Å². The van der Waals surface area contributed by atoms with Crippen LogP contribution in [0, 0.1) is 40.6 Å². The van der Waals surface area contributed by atoms with E-state index in [1.54, 1.807) is 57.5 Å². The summed E-state index contributed by atoms with van der Waals surface area (Å²) in [6, 6.07) is 63.5. The van der Waals surface area contributed by atoms with E-state index in [2.05, 4.69) is 160 Å². The minimum absolute atomic E-state index is 0.104. The van der Waals surface area contributed by atoms with Gasteiger partial charge in [-0.1, -0.05) is 250 Å². The van der Waals surface area contributed by atoms with Crippen LogP contribution in [0.25, 0.3) is 101 Å². The summed E-state index contributed by atoms with van der Waals surface area (Å²) in [5.41, 5.74) is 18.5. The molecule has 114 heavy (non-hydrogen) atoms. The number of allylic oxidation sites excluding steroid dienone is 6. The monoisotopic (exact) mass is 1590 g/mol. The van der Waals surface area contributed by atoms with Crippen molar-refractivity contribution in [1.82, 2.24) is 17.5 Å². The van der Waals surface area contributed by atoms with Crippen LogP contribution in [-0.4, -0.2) is 29.1 Å². The highest BCUT2D eigenvalue weighted by Gasteiger charge is 2.54. The molecule has 0 radical (unpaired) electrons. The van der Waals surface area contributed by atoms with Crippen LogP contribution < -0.4 is 0 Å². The topological polar surface area (TPSA) is 161 Å². The molecule has 0 fully saturated rings. The van der Waals surface area contributed by atoms with Gasteiger partial charge in [0.05, 0.1) is 75.8 Å². The largest absolute Gasteiger partial charge is 0.289 e. The number of rotatable bonds is 26. The molecule has 0 N–H and O–H groups in total. The number of Topliss-reactive ketones (excluding diaryl/α,β-unsaturated/α-hetero) is 2. The summed E-state index contributed by atoms with van der Waals surface area (Å²) in [5.74, 6) is -0.438. The van der Waals surface area contributed by atoms with Gasteiger partial charge < -0.3 is 0 Å². The first-order valence-corrected chi connectivity index (χ1v) is 45.0. The van der Waals surface area contributed by atoms with Gasteiger partial charge in [0.2, 0.25) is 0 Å². The molecule has 4 aliphatic rings. The highest BCUT2D eigenvalue weighted by molar-refractivity contribution is 7.29. The van der Waals surface area contributed by atoms with Crippen molar-refractivity contribution in [2.45, 2.75) is 167 Å². The maximum absolute atomic E-state index is 14.9. The average Bonchev–Trinajstić information content (AvgIpc) is 1.48. The van der Waals surface area contributed by atoms with Crippen molar-refractivity contribution in [3.05, 3.63) is 290 Å². The molecule has 4 aliphatic carbocycles. The molecule has 10 nitrogen and oxygen atoms in total. The molecule has 0 atom stereocenters. The zero-order valence-electron chi connectivity index (χ0n) is 64.2. The van der Waals surface area contributed by atoms with E-state index in [9.17, 15) is 25.4 Å². The lowest BCUT2D eigenvalue weighted by molar-refractivity contribution is 0.103. The Labute approximate surface area is 689 Å². The van der Waals surface area contributed by atoms with Gasteiger partial charge in [0.25, 0.3) is 5.70 Å². The lowest BCUT2D eigenvalue weighted by Gasteiger charge is -2.34. The van der Waals surface area contributed by atoms with Crippen molar-refractivity contribution in [2.24, 2.45) is 0 Å². The van der Waals surface area contributed by atoms with Crippen molar-refractivity contribution >= 4 is 157 Å². The molecule has 0 spiro atoms. The summed E-state index contributed by atoms with van der Waals surface area (Å²) in [6.07, 6.45) is 26.1. The molecule has 16 heteroatoms. The van der Waals surface area contributed by atoms with Crippen LogP contribution in [0.2, 0.25) is 0 Å². The molecule has 8 aromatic carbocycles. The minimum atomic E-state index is -0.996. The molecule has 14 aromatic rings. The van der Waals surface area contributed by atoms with Crippen LogP contribution >= 0.6 is 68.8 Å². The molecule has 18 rings (SSSR count). The summed E-state index contributed by atoms with van der Waals surface area (Å²) in [6.45, 7) is 17.3. The van der Waals surface area contributed by atoms with Gasteiger partial charge in [-0.05, 0) is 154 Å². The molecule has 6 aromatic heterocycles. The first kappa shape index (κ1) is 74.6. The molecule has 560 valence electrons. The average molecular weight is 1590 g/mol. The number of ketones is 2. The number of aromatic nitrogens is 4. The van der Waals surface area contributed by atoms with E-state index in [1.165, 1.54) is 71.4 Å². The van der Waals surface area contributed by atoms with E-state index in [-0.39, 0.29) is 22.8 Å². The number of nitriles is 3. The van der Waals surface area contributed by atoms with Crippen molar-refractivity contribution in [1.29, 1.82) is 15.8 Å². The Kier molecular flexibility index (Phi) is 20.4. The summed E-state index contributed by atoms with van der Waals surface area (Å²) in [5, 5.41) is 35.9. The zero-order valence-corrected chi connectivity index (χ0v) is 69.1. The second-order valence-corrected chi connectivity index (χ2v) is 36.1. The third-order valence-corrected chi connectivity index (χ3v) is 30.1. The minimum Gasteiger partial charge on any atom is -0.289 e. The number of thiophene rings is 4. The van der Waals surface area contributed by atoms with Gasteiger partial charge in [0.1, 0.15) is 39.8 Å². The fourth-order valence-corrected chi connectivity index (χ4v) is 25.3. The predicted octanol–water partition coefficient (Wildman–Crippen LogP) is 27.1. The third kappa shape index (κ3) is 12.0. The Hall–Kier alpha value is -10.8. The Morgan fingerprint density at radius 1 is 0.404 bits per heavy atom. The number of aryl methyl sites for hydroxylation is 4. The molecular formula is C98H80N8O2S6. The fourth-order valence-electron chi connectivity index (χ4n) is 18.8. The molecule has 0 amide bonds. The summed E-state index contributed by atoms with van der Waals surface area (Å²) < 4.78 is 24.0. The van der Waals surface area contributed by atoms with Crippen LogP contribution in [0.15, 0.2) is 180 Å². The number of hydrogen-bond donors (Lipinski definition) is 0. The van der Waals surface area contributed by atoms with Crippen LogP contribution in [0.4, 0.5) is 0 Å². The van der Waals surface area contributed by atoms with Crippen molar-refractivity contribution in [2.75, 3.05) is 0 Å². The van der Waals surface area contributed by atoms with Crippen LogP contribution in [0.5, 0.6) is 0 Å². The fraction of sp³-hybridized carbons (Fsp3) is 0.265. The normalized spacial score (nSPS) is 15.3. The number of nitrogens with zero attached hydrogens (tertiary/aromatic N) is 8. The van der Waals surface area contributed by atoms with Gasteiger partial charge in [-0.15, -0.1) is 45.3 Å². The molecule has 0 aliphatic heterocycles. The molecule has 0 saturated carbocycles. The Morgan fingerprint density at radius 2 is 0.746 bits per heavy atom. The van der Waals surface area contributed by atoms with Gasteiger partial charge in [0.15, 0.2) is 11.6 Å². The molecular weight excluding hydrogens is 1510 g/mol. The summed E-state index contributed by atoms with van der Waals surface area (Å²) in [7, 11) is 0. The third-order valence-electron chi connectivity index (χ3n) is 24.2. The second kappa shape index (κ2) is 31.2. The summed E-state index contributed by atoms with van der Waals surface area (Å²) in [4.78, 5) is 39.6. The number of hydrogen-bond acceptors (Lipinski definition) is 15. The number of fused-ring (bicyclic) bond motifs is 21. The zero-order chi connectivity index (χ0) is 77.9. The van der Waals surface area contributed by atoms with E-state index in [4.69, 9.17) is 24.1 Å². The first-order valence-electron chi connectivity index (χ1n) is 40.3. The molecule has 0 bridgehead atoms. The van der Waals surface area contributed by atoms with E-state index in [0.717, 1.165) is 230 Å². The Bertz CT molecular complexity index is 6030. The van der Waals surface area contributed by atoms with E-state index in [0.29, 0.717) is 44.5 Å². The van der Waals surface area contributed by atoms with Crippen molar-refractivity contribution in [3.63, 3.8) is 0 Å². The quantitative estimate of drug-likeness (QED) is 0.0222. The van der Waals surface area contributed by atoms with Crippen molar-refractivity contribution < 1.29 is 9.59 Å². The number of carbonyl (C=O) groups is 2. The van der Waals surface area contributed by atoms with Crippen LogP contribution in [-0.2, 0) is 36.5 Å². The van der Waals surface area contributed by atoms with E-state index < -0.39 is 10.8 Å². The second-order valence-electron chi connectivity index (χ2n) is 30.8. The Morgan fingerprint density at radius 3 is 1.09 bits per heavy atom. The Balaban J connectivity index is 0.959. The highest BCUT2D eigenvalue weighted by atomic mass is 32.1. The van der Waals surface area contributed by atoms with Gasteiger partial charge in [-0.3, -0.25) is 9.59 Å². The van der Waals surface area contributed by atoms with Crippen LogP contribution in [0.3, 0.4) is 0 Å². The van der Waals surface area contributed by atoms with Gasteiger partial charge in [-0.2, -0.15) is 28.0 Å². The van der Waals surface area contributed by atoms with Gasteiger partial charge in [-0.25, -0.2) is 10.1 Å². The van der Waals surface area contributed by atoms with E-state index in [1.807, 2.05) is 48.6 Å². The first-order chi connectivity index (χ1) is 56.1. The van der Waals surface area contributed by atoms with Crippen LogP contribution in [0.1, 0.15) is 239 Å². The van der Waals surface area contributed by atoms with Gasteiger partial charge >= 0.3 is 0 Å². The lowest BCUT2D eigenvalue weighted by Crippen LogP contribution is -2.28. The smallest absolute Gasteiger partial charge is 0.270 e. The molecule has 0 saturated heterocycles. The lowest BCUT2D eigenvalue weighted by atomic mass is 9.66. The van der Waals surface area contributed by atoms with E-state index >= 15 is 0 Å². The number of benzene rings is 8. The number of carbonyl (C=O) groups excluding carboxylic acids is 2.